The minimum atomic E-state index is -0.483. The van der Waals surface area contributed by atoms with Crippen molar-refractivity contribution in [2.75, 3.05) is 26.3 Å². The third-order valence-corrected chi connectivity index (χ3v) is 5.39. The van der Waals surface area contributed by atoms with E-state index in [9.17, 15) is 4.79 Å². The predicted molar refractivity (Wildman–Crippen MR) is 101 cm³/mol. The SMILES string of the molecule is O=C(c1cnc2c(c1)ncn2Cc1ccccn1)N1CCC2(CC1)OCCO2. The average Bonchev–Trinajstić information content (AvgIpc) is 3.36. The molecule has 8 heteroatoms. The second-order valence-electron chi connectivity index (χ2n) is 7.16. The zero-order valence-electron chi connectivity index (χ0n) is 15.5. The maximum absolute atomic E-state index is 12.9. The van der Waals surface area contributed by atoms with Gasteiger partial charge in [-0.05, 0) is 18.2 Å². The Kier molecular flexibility index (Phi) is 4.29. The molecular formula is C20H21N5O3. The Morgan fingerprint density at radius 3 is 2.68 bits per heavy atom. The molecule has 0 radical (unpaired) electrons. The van der Waals surface area contributed by atoms with Crippen LogP contribution in [0.15, 0.2) is 43.0 Å². The molecule has 2 aliphatic rings. The van der Waals surface area contributed by atoms with Crippen molar-refractivity contribution < 1.29 is 14.3 Å². The third-order valence-electron chi connectivity index (χ3n) is 5.39. The zero-order valence-corrected chi connectivity index (χ0v) is 15.5. The van der Waals surface area contributed by atoms with Crippen molar-refractivity contribution in [1.82, 2.24) is 24.4 Å². The predicted octanol–water partition coefficient (Wildman–Crippen LogP) is 1.85. The van der Waals surface area contributed by atoms with Gasteiger partial charge in [-0.25, -0.2) is 9.97 Å². The average molecular weight is 379 g/mol. The second-order valence-corrected chi connectivity index (χ2v) is 7.16. The Hall–Kier alpha value is -2.84. The van der Waals surface area contributed by atoms with Crippen LogP contribution >= 0.6 is 0 Å². The molecule has 1 amide bonds. The summed E-state index contributed by atoms with van der Waals surface area (Å²) in [5.41, 5.74) is 2.94. The normalized spacial score (nSPS) is 18.8. The smallest absolute Gasteiger partial charge is 0.255 e. The van der Waals surface area contributed by atoms with Crippen LogP contribution in [0.2, 0.25) is 0 Å². The van der Waals surface area contributed by atoms with Gasteiger partial charge in [0.05, 0.1) is 37.3 Å². The number of piperidine rings is 1. The Balaban J connectivity index is 1.32. The van der Waals surface area contributed by atoms with Crippen molar-refractivity contribution in [2.24, 2.45) is 0 Å². The first-order chi connectivity index (χ1) is 13.7. The molecule has 2 saturated heterocycles. The molecule has 0 unspecified atom stereocenters. The van der Waals surface area contributed by atoms with E-state index in [2.05, 4.69) is 15.0 Å². The number of amides is 1. The number of imidazole rings is 1. The van der Waals surface area contributed by atoms with E-state index in [0.717, 1.165) is 11.3 Å². The molecule has 0 atom stereocenters. The number of nitrogens with zero attached hydrogens (tertiary/aromatic N) is 5. The molecular weight excluding hydrogens is 358 g/mol. The molecule has 0 aliphatic carbocycles. The van der Waals surface area contributed by atoms with Crippen LogP contribution in [0.25, 0.3) is 11.2 Å². The summed E-state index contributed by atoms with van der Waals surface area (Å²) in [4.78, 5) is 28.0. The molecule has 3 aromatic rings. The summed E-state index contributed by atoms with van der Waals surface area (Å²) < 4.78 is 13.4. The second kappa shape index (κ2) is 6.96. The summed E-state index contributed by atoms with van der Waals surface area (Å²) in [5.74, 6) is -0.509. The molecule has 144 valence electrons. The fourth-order valence-electron chi connectivity index (χ4n) is 3.87. The van der Waals surface area contributed by atoms with Gasteiger partial charge in [-0.2, -0.15) is 0 Å². The number of pyridine rings is 2. The molecule has 5 heterocycles. The fourth-order valence-corrected chi connectivity index (χ4v) is 3.87. The lowest BCUT2D eigenvalue weighted by Crippen LogP contribution is -2.47. The molecule has 2 aliphatic heterocycles. The zero-order chi connectivity index (χ0) is 19.0. The fraction of sp³-hybridized carbons (Fsp3) is 0.400. The molecule has 0 saturated carbocycles. The number of carbonyl (C=O) groups excluding carboxylic acids is 1. The number of rotatable bonds is 3. The van der Waals surface area contributed by atoms with E-state index in [0.29, 0.717) is 56.8 Å². The highest BCUT2D eigenvalue weighted by atomic mass is 16.7. The number of ether oxygens (including phenoxy) is 2. The molecule has 5 rings (SSSR count). The number of hydrogen-bond acceptors (Lipinski definition) is 6. The van der Waals surface area contributed by atoms with Gasteiger partial charge in [0.1, 0.15) is 5.52 Å². The molecule has 2 fully saturated rings. The summed E-state index contributed by atoms with van der Waals surface area (Å²) >= 11 is 0. The van der Waals surface area contributed by atoms with Gasteiger partial charge in [0.15, 0.2) is 11.4 Å². The van der Waals surface area contributed by atoms with Gasteiger partial charge in [0.25, 0.3) is 5.91 Å². The standard InChI is InChI=1S/C20H21N5O3/c26-19(24-7-4-20(5-8-24)27-9-10-28-20)15-11-17-18(22-12-15)25(14-23-17)13-16-3-1-2-6-21-16/h1-3,6,11-12,14H,4-5,7-10,13H2. The van der Waals surface area contributed by atoms with Crippen LogP contribution in [0.1, 0.15) is 28.9 Å². The first-order valence-electron chi connectivity index (χ1n) is 9.50. The van der Waals surface area contributed by atoms with Crippen LogP contribution in [0.4, 0.5) is 0 Å². The first kappa shape index (κ1) is 17.3. The van der Waals surface area contributed by atoms with E-state index >= 15 is 0 Å². The monoisotopic (exact) mass is 379 g/mol. The number of fused-ring (bicyclic) bond motifs is 1. The van der Waals surface area contributed by atoms with E-state index in [4.69, 9.17) is 9.47 Å². The van der Waals surface area contributed by atoms with E-state index in [-0.39, 0.29) is 5.91 Å². The number of likely N-dealkylation sites (tertiary alicyclic amines) is 1. The van der Waals surface area contributed by atoms with E-state index in [1.165, 1.54) is 0 Å². The molecule has 1 spiro atoms. The van der Waals surface area contributed by atoms with E-state index in [1.54, 1.807) is 18.7 Å². The highest BCUT2D eigenvalue weighted by Gasteiger charge is 2.40. The highest BCUT2D eigenvalue weighted by Crippen LogP contribution is 2.31. The summed E-state index contributed by atoms with van der Waals surface area (Å²) in [7, 11) is 0. The van der Waals surface area contributed by atoms with Crippen molar-refractivity contribution in [3.63, 3.8) is 0 Å². The lowest BCUT2D eigenvalue weighted by molar-refractivity contribution is -0.181. The number of hydrogen-bond donors (Lipinski definition) is 0. The van der Waals surface area contributed by atoms with Crippen molar-refractivity contribution in [3.05, 3.63) is 54.2 Å². The van der Waals surface area contributed by atoms with Crippen molar-refractivity contribution >= 4 is 17.1 Å². The van der Waals surface area contributed by atoms with Crippen molar-refractivity contribution in [1.29, 1.82) is 0 Å². The summed E-state index contributed by atoms with van der Waals surface area (Å²) in [6, 6.07) is 7.62. The van der Waals surface area contributed by atoms with Crippen LogP contribution in [-0.4, -0.2) is 62.4 Å². The van der Waals surface area contributed by atoms with Gasteiger partial charge >= 0.3 is 0 Å². The summed E-state index contributed by atoms with van der Waals surface area (Å²) in [6.07, 6.45) is 6.54. The summed E-state index contributed by atoms with van der Waals surface area (Å²) in [6.45, 7) is 3.09. The van der Waals surface area contributed by atoms with Gasteiger partial charge < -0.3 is 18.9 Å². The minimum absolute atomic E-state index is 0.0264. The molecule has 8 nitrogen and oxygen atoms in total. The minimum Gasteiger partial charge on any atom is -0.347 e. The van der Waals surface area contributed by atoms with E-state index in [1.807, 2.05) is 33.7 Å². The highest BCUT2D eigenvalue weighted by molar-refractivity contribution is 5.96. The first-order valence-corrected chi connectivity index (χ1v) is 9.50. The topological polar surface area (TPSA) is 82.4 Å². The number of aromatic nitrogens is 4. The van der Waals surface area contributed by atoms with Crippen LogP contribution in [-0.2, 0) is 16.0 Å². The number of carbonyl (C=O) groups is 1. The molecule has 0 bridgehead atoms. The maximum atomic E-state index is 12.9. The largest absolute Gasteiger partial charge is 0.347 e. The third kappa shape index (κ3) is 3.14. The Morgan fingerprint density at radius 2 is 1.93 bits per heavy atom. The van der Waals surface area contributed by atoms with Gasteiger partial charge in [-0.3, -0.25) is 9.78 Å². The van der Waals surface area contributed by atoms with Gasteiger partial charge in [0.2, 0.25) is 0 Å². The van der Waals surface area contributed by atoms with Crippen molar-refractivity contribution in [2.45, 2.75) is 25.2 Å². The lowest BCUT2D eigenvalue weighted by Gasteiger charge is -2.37. The van der Waals surface area contributed by atoms with Crippen molar-refractivity contribution in [3.8, 4) is 0 Å². The van der Waals surface area contributed by atoms with Crippen LogP contribution in [0.3, 0.4) is 0 Å². The Bertz CT molecular complexity index is 988. The van der Waals surface area contributed by atoms with Crippen LogP contribution in [0, 0.1) is 0 Å². The maximum Gasteiger partial charge on any atom is 0.255 e. The van der Waals surface area contributed by atoms with Gasteiger partial charge in [0, 0.05) is 38.3 Å². The molecule has 0 N–H and O–H groups in total. The lowest BCUT2D eigenvalue weighted by atomic mass is 10.0. The molecule has 3 aromatic heterocycles. The van der Waals surface area contributed by atoms with Crippen LogP contribution < -0.4 is 0 Å². The van der Waals surface area contributed by atoms with Crippen LogP contribution in [0.5, 0.6) is 0 Å². The molecule has 0 aromatic carbocycles. The quantitative estimate of drug-likeness (QED) is 0.691. The van der Waals surface area contributed by atoms with Gasteiger partial charge in [-0.1, -0.05) is 6.07 Å². The summed E-state index contributed by atoms with van der Waals surface area (Å²) in [5, 5.41) is 0. The Labute approximate surface area is 162 Å². The van der Waals surface area contributed by atoms with Gasteiger partial charge in [-0.15, -0.1) is 0 Å². The molecule has 28 heavy (non-hydrogen) atoms. The van der Waals surface area contributed by atoms with E-state index < -0.39 is 5.79 Å². The Morgan fingerprint density at radius 1 is 1.11 bits per heavy atom.